The molecular formula is C24H21FO3. The number of hydrogen-bond acceptors (Lipinski definition) is 2. The molecule has 4 heteroatoms. The Morgan fingerprint density at radius 3 is 2.64 bits per heavy atom. The van der Waals surface area contributed by atoms with Crippen molar-refractivity contribution in [3.8, 4) is 16.9 Å². The molecule has 0 saturated carbocycles. The van der Waals surface area contributed by atoms with E-state index < -0.39 is 11.6 Å². The predicted molar refractivity (Wildman–Crippen MR) is 106 cm³/mol. The molecule has 4 rings (SSSR count). The molecule has 0 bridgehead atoms. The largest absolute Gasteiger partial charge is 0.487 e. The molecule has 0 aromatic heterocycles. The first-order chi connectivity index (χ1) is 13.4. The van der Waals surface area contributed by atoms with Crippen molar-refractivity contribution in [1.82, 2.24) is 0 Å². The number of aromatic carboxylic acids is 1. The van der Waals surface area contributed by atoms with E-state index in [0.717, 1.165) is 35.3 Å². The van der Waals surface area contributed by atoms with Crippen LogP contribution in [0.2, 0.25) is 0 Å². The maximum atomic E-state index is 14.1. The molecule has 0 fully saturated rings. The summed E-state index contributed by atoms with van der Waals surface area (Å²) in [5.41, 5.74) is 3.25. The topological polar surface area (TPSA) is 46.5 Å². The lowest BCUT2D eigenvalue weighted by Gasteiger charge is -2.36. The third kappa shape index (κ3) is 3.63. The number of carboxylic acids is 1. The van der Waals surface area contributed by atoms with Gasteiger partial charge in [0.05, 0.1) is 5.56 Å². The molecule has 3 nitrogen and oxygen atoms in total. The average molecular weight is 376 g/mol. The van der Waals surface area contributed by atoms with E-state index >= 15 is 0 Å². The lowest BCUT2D eigenvalue weighted by atomic mass is 9.86. The van der Waals surface area contributed by atoms with E-state index in [-0.39, 0.29) is 11.4 Å². The van der Waals surface area contributed by atoms with Crippen molar-refractivity contribution < 1.29 is 19.0 Å². The molecule has 0 spiro atoms. The molecule has 1 N–H and O–H groups in total. The Balaban J connectivity index is 1.63. The van der Waals surface area contributed by atoms with E-state index in [9.17, 15) is 14.3 Å². The number of ether oxygens (including phenoxy) is 1. The van der Waals surface area contributed by atoms with Gasteiger partial charge in [-0.15, -0.1) is 0 Å². The van der Waals surface area contributed by atoms with Crippen LogP contribution in [-0.4, -0.2) is 16.7 Å². The van der Waals surface area contributed by atoms with E-state index in [1.807, 2.05) is 37.3 Å². The smallest absolute Gasteiger partial charge is 0.335 e. The fraction of sp³-hybridized carbons (Fsp3) is 0.208. The minimum absolute atomic E-state index is 0.211. The summed E-state index contributed by atoms with van der Waals surface area (Å²) in [6, 6.07) is 19.6. The van der Waals surface area contributed by atoms with Gasteiger partial charge in [-0.3, -0.25) is 0 Å². The molecule has 3 aromatic rings. The van der Waals surface area contributed by atoms with Gasteiger partial charge in [-0.1, -0.05) is 42.5 Å². The van der Waals surface area contributed by atoms with Gasteiger partial charge in [0.15, 0.2) is 0 Å². The second-order valence-corrected chi connectivity index (χ2v) is 7.53. The first kappa shape index (κ1) is 18.2. The van der Waals surface area contributed by atoms with E-state index in [1.165, 1.54) is 6.07 Å². The van der Waals surface area contributed by atoms with Gasteiger partial charge >= 0.3 is 5.97 Å². The monoisotopic (exact) mass is 376 g/mol. The molecule has 1 heterocycles. The normalized spacial score (nSPS) is 18.2. The van der Waals surface area contributed by atoms with Crippen LogP contribution in [0.3, 0.4) is 0 Å². The summed E-state index contributed by atoms with van der Waals surface area (Å²) in [4.78, 5) is 11.2. The molecule has 0 aliphatic carbocycles. The van der Waals surface area contributed by atoms with Gasteiger partial charge < -0.3 is 9.84 Å². The van der Waals surface area contributed by atoms with Gasteiger partial charge in [0.1, 0.15) is 17.2 Å². The van der Waals surface area contributed by atoms with Crippen LogP contribution < -0.4 is 4.74 Å². The first-order valence-corrected chi connectivity index (χ1v) is 9.33. The Hall–Kier alpha value is -3.14. The zero-order chi connectivity index (χ0) is 19.7. The first-order valence-electron chi connectivity index (χ1n) is 9.33. The fourth-order valence-electron chi connectivity index (χ4n) is 3.75. The van der Waals surface area contributed by atoms with Crippen LogP contribution in [0.5, 0.6) is 5.75 Å². The maximum Gasteiger partial charge on any atom is 0.335 e. The molecule has 1 aliphatic rings. The Morgan fingerprint density at radius 1 is 1.07 bits per heavy atom. The molecule has 1 aliphatic heterocycles. The van der Waals surface area contributed by atoms with Crippen LogP contribution >= 0.6 is 0 Å². The van der Waals surface area contributed by atoms with Crippen LogP contribution in [0.25, 0.3) is 11.1 Å². The fourth-order valence-corrected chi connectivity index (χ4v) is 3.75. The minimum Gasteiger partial charge on any atom is -0.487 e. The molecule has 142 valence electrons. The number of rotatable bonds is 4. The second kappa shape index (κ2) is 7.12. The van der Waals surface area contributed by atoms with Crippen LogP contribution in [0.1, 0.15) is 34.8 Å². The summed E-state index contributed by atoms with van der Waals surface area (Å²) < 4.78 is 20.4. The quantitative estimate of drug-likeness (QED) is 0.652. The van der Waals surface area contributed by atoms with Crippen LogP contribution in [-0.2, 0) is 12.8 Å². The van der Waals surface area contributed by atoms with Crippen molar-refractivity contribution in [3.05, 3.63) is 89.2 Å². The Bertz CT molecular complexity index is 1040. The Morgan fingerprint density at radius 2 is 1.86 bits per heavy atom. The highest BCUT2D eigenvalue weighted by Crippen LogP contribution is 2.38. The van der Waals surface area contributed by atoms with E-state index in [1.54, 1.807) is 30.3 Å². The van der Waals surface area contributed by atoms with Crippen LogP contribution in [0.15, 0.2) is 66.7 Å². The second-order valence-electron chi connectivity index (χ2n) is 7.53. The number of hydrogen-bond donors (Lipinski definition) is 1. The van der Waals surface area contributed by atoms with Crippen LogP contribution in [0.4, 0.5) is 4.39 Å². The van der Waals surface area contributed by atoms with Crippen LogP contribution in [0, 0.1) is 5.82 Å². The van der Waals surface area contributed by atoms with E-state index in [4.69, 9.17) is 4.74 Å². The summed E-state index contributed by atoms with van der Waals surface area (Å²) >= 11 is 0. The number of halogens is 1. The van der Waals surface area contributed by atoms with E-state index in [0.29, 0.717) is 12.0 Å². The van der Waals surface area contributed by atoms with Gasteiger partial charge in [0.2, 0.25) is 0 Å². The van der Waals surface area contributed by atoms with Gasteiger partial charge in [0.25, 0.3) is 0 Å². The van der Waals surface area contributed by atoms with Crippen molar-refractivity contribution in [2.45, 2.75) is 31.8 Å². The summed E-state index contributed by atoms with van der Waals surface area (Å²) in [5, 5.41) is 9.22. The lowest BCUT2D eigenvalue weighted by Crippen LogP contribution is -2.38. The highest BCUT2D eigenvalue weighted by Gasteiger charge is 2.32. The molecule has 1 unspecified atom stereocenters. The highest BCUT2D eigenvalue weighted by molar-refractivity contribution is 5.89. The number of benzene rings is 3. The molecule has 3 aromatic carbocycles. The molecule has 0 saturated heterocycles. The summed E-state index contributed by atoms with van der Waals surface area (Å²) in [6.45, 7) is 2.01. The van der Waals surface area contributed by atoms with Crippen molar-refractivity contribution >= 4 is 5.97 Å². The van der Waals surface area contributed by atoms with Crippen molar-refractivity contribution in [3.63, 3.8) is 0 Å². The van der Waals surface area contributed by atoms with Gasteiger partial charge in [-0.2, -0.15) is 0 Å². The zero-order valence-electron chi connectivity index (χ0n) is 15.6. The average Bonchev–Trinajstić information content (AvgIpc) is 2.69. The molecule has 1 atom stereocenters. The third-order valence-corrected chi connectivity index (χ3v) is 5.31. The number of carboxylic acid groups (broad SMARTS) is 1. The van der Waals surface area contributed by atoms with Gasteiger partial charge in [-0.25, -0.2) is 9.18 Å². The molecule has 28 heavy (non-hydrogen) atoms. The summed E-state index contributed by atoms with van der Waals surface area (Å²) in [6.07, 6.45) is 2.16. The molecule has 0 radical (unpaired) electrons. The number of carbonyl (C=O) groups is 1. The Kier molecular flexibility index (Phi) is 4.63. The van der Waals surface area contributed by atoms with Gasteiger partial charge in [0, 0.05) is 6.42 Å². The van der Waals surface area contributed by atoms with Crippen molar-refractivity contribution in [2.75, 3.05) is 0 Å². The zero-order valence-corrected chi connectivity index (χ0v) is 15.6. The van der Waals surface area contributed by atoms with Crippen molar-refractivity contribution in [1.29, 1.82) is 0 Å². The third-order valence-electron chi connectivity index (χ3n) is 5.31. The highest BCUT2D eigenvalue weighted by atomic mass is 19.1. The van der Waals surface area contributed by atoms with E-state index in [2.05, 4.69) is 0 Å². The Labute approximate surface area is 163 Å². The van der Waals surface area contributed by atoms with Crippen molar-refractivity contribution in [2.24, 2.45) is 0 Å². The predicted octanol–water partition coefficient (Wildman–Crippen LogP) is 5.52. The standard InChI is InChI=1S/C24H21FO3/c1-24(15-20-5-2-3-8-21(20)25)12-11-16-9-10-18(14-22(16)28-24)17-6-4-7-19(13-17)23(26)27/h2-10,13-14H,11-12,15H2,1H3,(H,26,27). The summed E-state index contributed by atoms with van der Waals surface area (Å²) in [7, 11) is 0. The molecule has 0 amide bonds. The van der Waals surface area contributed by atoms with Gasteiger partial charge in [-0.05, 0) is 66.3 Å². The minimum atomic E-state index is -0.950. The maximum absolute atomic E-state index is 14.1. The number of aryl methyl sites for hydroxylation is 1. The SMILES string of the molecule is CC1(Cc2ccccc2F)CCc2ccc(-c3cccc(C(=O)O)c3)cc2O1. The molecular weight excluding hydrogens is 355 g/mol. The lowest BCUT2D eigenvalue weighted by molar-refractivity contribution is 0.0646. The number of fused-ring (bicyclic) bond motifs is 1. The summed E-state index contributed by atoms with van der Waals surface area (Å²) in [5.74, 6) is -0.380.